The highest BCUT2D eigenvalue weighted by Gasteiger charge is 2.09. The van der Waals surface area contributed by atoms with E-state index in [0.717, 1.165) is 11.4 Å². The smallest absolute Gasteiger partial charge is 0.254 e. The number of thioether (sulfide) groups is 1. The van der Waals surface area contributed by atoms with E-state index in [2.05, 4.69) is 10.3 Å². The molecule has 1 rings (SSSR count). The van der Waals surface area contributed by atoms with Crippen LogP contribution < -0.4 is 5.32 Å². The maximum Gasteiger partial charge on any atom is 0.254 e. The van der Waals surface area contributed by atoms with E-state index in [1.54, 1.807) is 18.3 Å². The molecule has 1 heterocycles. The van der Waals surface area contributed by atoms with Gasteiger partial charge in [0.2, 0.25) is 0 Å². The van der Waals surface area contributed by atoms with Crippen molar-refractivity contribution in [3.63, 3.8) is 0 Å². The first-order chi connectivity index (χ1) is 7.79. The third-order valence-corrected chi connectivity index (χ3v) is 2.75. The molecule has 0 aliphatic heterocycles. The minimum atomic E-state index is -0.0537. The van der Waals surface area contributed by atoms with Gasteiger partial charge in [0.25, 0.3) is 5.91 Å². The Hall–Kier alpha value is -1.29. The zero-order valence-electron chi connectivity index (χ0n) is 9.56. The van der Waals surface area contributed by atoms with Gasteiger partial charge in [-0.15, -0.1) is 11.8 Å². The highest BCUT2D eigenvalue weighted by atomic mass is 32.2. The van der Waals surface area contributed by atoms with Gasteiger partial charge in [0.15, 0.2) is 0 Å². The molecule has 3 nitrogen and oxygen atoms in total. The summed E-state index contributed by atoms with van der Waals surface area (Å²) in [4.78, 5) is 15.9. The molecule has 0 bridgehead atoms. The Morgan fingerprint density at radius 1 is 1.62 bits per heavy atom. The first kappa shape index (κ1) is 12.8. The summed E-state index contributed by atoms with van der Waals surface area (Å²) in [5, 5.41) is 3.63. The van der Waals surface area contributed by atoms with Crippen molar-refractivity contribution >= 4 is 17.7 Å². The van der Waals surface area contributed by atoms with E-state index in [-0.39, 0.29) is 5.91 Å². The van der Waals surface area contributed by atoms with Crippen LogP contribution >= 0.6 is 11.8 Å². The molecule has 0 saturated carbocycles. The molecule has 0 spiro atoms. The maximum atomic E-state index is 11.8. The van der Waals surface area contributed by atoms with Crippen LogP contribution in [0.4, 0.5) is 0 Å². The number of carbonyl (C=O) groups is 1. The van der Waals surface area contributed by atoms with E-state index in [0.29, 0.717) is 12.1 Å². The summed E-state index contributed by atoms with van der Waals surface area (Å²) in [7, 11) is 0. The van der Waals surface area contributed by atoms with Gasteiger partial charge in [0, 0.05) is 12.7 Å². The molecule has 86 valence electrons. The lowest BCUT2D eigenvalue weighted by atomic mass is 10.2. The van der Waals surface area contributed by atoms with Gasteiger partial charge in [-0.2, -0.15) is 0 Å². The third kappa shape index (κ3) is 3.70. The second kappa shape index (κ2) is 7.06. The SMILES string of the molecule is C/C=C/CCNC(=O)c1cccnc1SC. The van der Waals surface area contributed by atoms with Crippen LogP contribution in [0.2, 0.25) is 0 Å². The van der Waals surface area contributed by atoms with Gasteiger partial charge < -0.3 is 5.32 Å². The number of amides is 1. The topological polar surface area (TPSA) is 42.0 Å². The number of rotatable bonds is 5. The van der Waals surface area contributed by atoms with E-state index < -0.39 is 0 Å². The highest BCUT2D eigenvalue weighted by Crippen LogP contribution is 2.16. The minimum Gasteiger partial charge on any atom is -0.352 e. The van der Waals surface area contributed by atoms with Crippen molar-refractivity contribution in [1.29, 1.82) is 0 Å². The molecule has 0 aromatic carbocycles. The van der Waals surface area contributed by atoms with Gasteiger partial charge in [-0.1, -0.05) is 12.2 Å². The van der Waals surface area contributed by atoms with Crippen molar-refractivity contribution < 1.29 is 4.79 Å². The molecule has 0 unspecified atom stereocenters. The largest absolute Gasteiger partial charge is 0.352 e. The standard InChI is InChI=1S/C12H16N2OS/c1-3-4-5-8-13-11(15)10-7-6-9-14-12(10)16-2/h3-4,6-7,9H,5,8H2,1-2H3,(H,13,15)/b4-3+. The van der Waals surface area contributed by atoms with Gasteiger partial charge in [0.05, 0.1) is 5.56 Å². The summed E-state index contributed by atoms with van der Waals surface area (Å²) in [6, 6.07) is 3.57. The van der Waals surface area contributed by atoms with Crippen LogP contribution in [-0.2, 0) is 0 Å². The van der Waals surface area contributed by atoms with Gasteiger partial charge in [-0.05, 0) is 31.7 Å². The minimum absolute atomic E-state index is 0.0537. The summed E-state index contributed by atoms with van der Waals surface area (Å²) < 4.78 is 0. The summed E-state index contributed by atoms with van der Waals surface area (Å²) >= 11 is 1.48. The summed E-state index contributed by atoms with van der Waals surface area (Å²) in [5.74, 6) is -0.0537. The van der Waals surface area contributed by atoms with Crippen molar-refractivity contribution in [3.8, 4) is 0 Å². The molecule has 1 N–H and O–H groups in total. The van der Waals surface area contributed by atoms with E-state index in [1.165, 1.54) is 11.8 Å². The van der Waals surface area contributed by atoms with Gasteiger partial charge in [-0.25, -0.2) is 4.98 Å². The van der Waals surface area contributed by atoms with Crippen LogP contribution in [0, 0.1) is 0 Å². The Bertz CT molecular complexity index is 377. The fourth-order valence-corrected chi connectivity index (χ4v) is 1.80. The fraction of sp³-hybridized carbons (Fsp3) is 0.333. The molecule has 16 heavy (non-hydrogen) atoms. The number of pyridine rings is 1. The fourth-order valence-electron chi connectivity index (χ4n) is 1.26. The second-order valence-corrected chi connectivity index (χ2v) is 3.97. The first-order valence-corrected chi connectivity index (χ1v) is 6.40. The lowest BCUT2D eigenvalue weighted by molar-refractivity contribution is 0.0950. The van der Waals surface area contributed by atoms with E-state index in [1.807, 2.05) is 25.3 Å². The molecule has 0 aliphatic carbocycles. The van der Waals surface area contributed by atoms with Crippen LogP contribution in [0.1, 0.15) is 23.7 Å². The Labute approximate surface area is 100 Å². The quantitative estimate of drug-likeness (QED) is 0.485. The Morgan fingerprint density at radius 3 is 3.12 bits per heavy atom. The van der Waals surface area contributed by atoms with Crippen molar-refractivity contribution in [2.45, 2.75) is 18.4 Å². The highest BCUT2D eigenvalue weighted by molar-refractivity contribution is 7.98. The zero-order chi connectivity index (χ0) is 11.8. The molecule has 1 aromatic rings. The van der Waals surface area contributed by atoms with Crippen LogP contribution in [-0.4, -0.2) is 23.7 Å². The average Bonchev–Trinajstić information content (AvgIpc) is 2.34. The monoisotopic (exact) mass is 236 g/mol. The van der Waals surface area contributed by atoms with Crippen LogP contribution in [0.25, 0.3) is 0 Å². The molecule has 1 aromatic heterocycles. The molecule has 1 amide bonds. The third-order valence-electron chi connectivity index (χ3n) is 2.04. The molecule has 4 heteroatoms. The lowest BCUT2D eigenvalue weighted by Gasteiger charge is -2.06. The summed E-state index contributed by atoms with van der Waals surface area (Å²) in [6.07, 6.45) is 8.47. The van der Waals surface area contributed by atoms with Gasteiger partial charge >= 0.3 is 0 Å². The molecule has 0 fully saturated rings. The predicted octanol–water partition coefficient (Wildman–Crippen LogP) is 2.50. The van der Waals surface area contributed by atoms with Crippen LogP contribution in [0.5, 0.6) is 0 Å². The zero-order valence-corrected chi connectivity index (χ0v) is 10.4. The van der Waals surface area contributed by atoms with Gasteiger partial charge in [0.1, 0.15) is 5.03 Å². The summed E-state index contributed by atoms with van der Waals surface area (Å²) in [6.45, 7) is 2.63. The number of hydrogen-bond acceptors (Lipinski definition) is 3. The summed E-state index contributed by atoms with van der Waals surface area (Å²) in [5.41, 5.74) is 0.649. The molecular weight excluding hydrogens is 220 g/mol. The van der Waals surface area contributed by atoms with Gasteiger partial charge in [-0.3, -0.25) is 4.79 Å². The average molecular weight is 236 g/mol. The van der Waals surface area contributed by atoms with Crippen molar-refractivity contribution in [1.82, 2.24) is 10.3 Å². The first-order valence-electron chi connectivity index (χ1n) is 5.18. The second-order valence-electron chi connectivity index (χ2n) is 3.17. The lowest BCUT2D eigenvalue weighted by Crippen LogP contribution is -2.24. The molecule has 0 radical (unpaired) electrons. The number of aromatic nitrogens is 1. The van der Waals surface area contributed by atoms with E-state index in [9.17, 15) is 4.79 Å². The Balaban J connectivity index is 2.58. The Morgan fingerprint density at radius 2 is 2.44 bits per heavy atom. The molecule has 0 aliphatic rings. The van der Waals surface area contributed by atoms with Crippen molar-refractivity contribution in [2.24, 2.45) is 0 Å². The van der Waals surface area contributed by atoms with Crippen LogP contribution in [0.15, 0.2) is 35.5 Å². The predicted molar refractivity (Wildman–Crippen MR) is 67.8 cm³/mol. The van der Waals surface area contributed by atoms with Crippen molar-refractivity contribution in [3.05, 3.63) is 36.0 Å². The molecule has 0 atom stereocenters. The molecule has 0 saturated heterocycles. The number of carbonyl (C=O) groups excluding carboxylic acids is 1. The number of allylic oxidation sites excluding steroid dienone is 1. The maximum absolute atomic E-state index is 11.8. The van der Waals surface area contributed by atoms with Crippen molar-refractivity contribution in [2.75, 3.05) is 12.8 Å². The Kier molecular flexibility index (Phi) is 5.64. The normalized spacial score (nSPS) is 10.6. The number of nitrogens with zero attached hydrogens (tertiary/aromatic N) is 1. The van der Waals surface area contributed by atoms with E-state index >= 15 is 0 Å². The molecular formula is C12H16N2OS. The number of hydrogen-bond donors (Lipinski definition) is 1. The number of nitrogens with one attached hydrogen (secondary N) is 1. The van der Waals surface area contributed by atoms with E-state index in [4.69, 9.17) is 0 Å². The van der Waals surface area contributed by atoms with Crippen LogP contribution in [0.3, 0.4) is 0 Å².